The minimum atomic E-state index is 0.201. The summed E-state index contributed by atoms with van der Waals surface area (Å²) in [6, 6.07) is 6.67. The maximum absolute atomic E-state index is 9.33. The van der Waals surface area contributed by atoms with Crippen LogP contribution in [0.15, 0.2) is 33.8 Å². The molecule has 0 saturated heterocycles. The highest BCUT2D eigenvalue weighted by molar-refractivity contribution is 8.00. The van der Waals surface area contributed by atoms with Crippen LogP contribution in [0.1, 0.15) is 25.6 Å². The molecule has 2 heterocycles. The van der Waals surface area contributed by atoms with E-state index in [-0.39, 0.29) is 5.75 Å². The Kier molecular flexibility index (Phi) is 3.84. The second-order valence-electron chi connectivity index (χ2n) is 4.56. The van der Waals surface area contributed by atoms with Crippen LogP contribution in [-0.2, 0) is 0 Å². The quantitative estimate of drug-likeness (QED) is 0.789. The number of phenols is 1. The zero-order valence-corrected chi connectivity index (χ0v) is 13.0. The van der Waals surface area contributed by atoms with Crippen LogP contribution in [0.4, 0.5) is 0 Å². The Labute approximate surface area is 129 Å². The average Bonchev–Trinajstić information content (AvgIpc) is 3.10. The lowest BCUT2D eigenvalue weighted by atomic mass is 10.2. The highest BCUT2D eigenvalue weighted by Gasteiger charge is 2.14. The molecule has 7 nitrogen and oxygen atoms in total. The summed E-state index contributed by atoms with van der Waals surface area (Å²) < 4.78 is 6.71. The molecule has 2 aromatic heterocycles. The lowest BCUT2D eigenvalue weighted by Crippen LogP contribution is -1.98. The monoisotopic (exact) mass is 320 g/mol. The molecule has 3 aromatic rings. The summed E-state index contributed by atoms with van der Waals surface area (Å²) in [6.07, 6.45) is 0. The van der Waals surface area contributed by atoms with Gasteiger partial charge in [0, 0.05) is 5.92 Å². The van der Waals surface area contributed by atoms with Gasteiger partial charge in [-0.1, -0.05) is 13.8 Å². The minimum Gasteiger partial charge on any atom is -0.508 e. The fourth-order valence-electron chi connectivity index (χ4n) is 1.57. The van der Waals surface area contributed by atoms with Gasteiger partial charge < -0.3 is 5.11 Å². The van der Waals surface area contributed by atoms with Crippen LogP contribution < -0.4 is 0 Å². The molecule has 0 fully saturated rings. The summed E-state index contributed by atoms with van der Waals surface area (Å²) in [5, 5.41) is 21.6. The lowest BCUT2D eigenvalue weighted by Gasteiger charge is -2.02. The van der Waals surface area contributed by atoms with E-state index in [0.29, 0.717) is 11.1 Å². The molecule has 0 radical (unpaired) electrons. The van der Waals surface area contributed by atoms with E-state index in [1.54, 1.807) is 28.9 Å². The first-order valence-electron chi connectivity index (χ1n) is 6.22. The maximum atomic E-state index is 9.33. The number of hydrogen-bond acceptors (Lipinski definition) is 8. The largest absolute Gasteiger partial charge is 0.508 e. The van der Waals surface area contributed by atoms with E-state index in [0.717, 1.165) is 15.9 Å². The molecule has 108 valence electrons. The zero-order valence-electron chi connectivity index (χ0n) is 11.3. The zero-order chi connectivity index (χ0) is 14.8. The number of aromatic hydroxyl groups is 1. The van der Waals surface area contributed by atoms with E-state index >= 15 is 0 Å². The van der Waals surface area contributed by atoms with Gasteiger partial charge >= 0.3 is 0 Å². The molecule has 9 heteroatoms. The first-order valence-corrected chi connectivity index (χ1v) is 7.81. The summed E-state index contributed by atoms with van der Waals surface area (Å²) in [7, 11) is 0. The van der Waals surface area contributed by atoms with Crippen molar-refractivity contribution < 1.29 is 5.11 Å². The molecule has 0 spiro atoms. The Bertz CT molecular complexity index is 736. The van der Waals surface area contributed by atoms with E-state index in [1.807, 2.05) is 0 Å². The molecule has 1 aromatic carbocycles. The lowest BCUT2D eigenvalue weighted by molar-refractivity contribution is 0.475. The van der Waals surface area contributed by atoms with Gasteiger partial charge in [-0.2, -0.15) is 9.06 Å². The highest BCUT2D eigenvalue weighted by Crippen LogP contribution is 2.29. The van der Waals surface area contributed by atoms with Crippen molar-refractivity contribution >= 4 is 23.3 Å². The van der Waals surface area contributed by atoms with Gasteiger partial charge in [-0.25, -0.2) is 4.98 Å². The van der Waals surface area contributed by atoms with E-state index in [4.69, 9.17) is 0 Å². The van der Waals surface area contributed by atoms with Crippen LogP contribution in [0.5, 0.6) is 5.75 Å². The molecule has 0 unspecified atom stereocenters. The minimum absolute atomic E-state index is 0.201. The Morgan fingerprint density at radius 2 is 2.00 bits per heavy atom. The number of phenolic OH excluding ortho intramolecular Hbond substituents is 1. The van der Waals surface area contributed by atoms with Gasteiger partial charge in [0.05, 0.1) is 5.69 Å². The molecular weight excluding hydrogens is 308 g/mol. The number of aromatic nitrogens is 6. The molecule has 0 amide bonds. The number of nitrogens with zero attached hydrogens (tertiary/aromatic N) is 6. The van der Waals surface area contributed by atoms with Crippen molar-refractivity contribution in [3.63, 3.8) is 0 Å². The third-order valence-corrected chi connectivity index (χ3v) is 4.36. The van der Waals surface area contributed by atoms with Gasteiger partial charge in [-0.05, 0) is 58.0 Å². The molecule has 0 bridgehead atoms. The van der Waals surface area contributed by atoms with Gasteiger partial charge in [0.1, 0.15) is 11.6 Å². The van der Waals surface area contributed by atoms with Gasteiger partial charge in [-0.3, -0.25) is 0 Å². The summed E-state index contributed by atoms with van der Waals surface area (Å²) in [5.74, 6) is 1.32. The third kappa shape index (κ3) is 3.03. The van der Waals surface area contributed by atoms with Crippen molar-refractivity contribution in [1.82, 2.24) is 29.6 Å². The number of hydrogen-bond donors (Lipinski definition) is 1. The molecule has 21 heavy (non-hydrogen) atoms. The highest BCUT2D eigenvalue weighted by atomic mass is 32.2. The fraction of sp³-hybridized carbons (Fsp3) is 0.250. The van der Waals surface area contributed by atoms with Crippen molar-refractivity contribution in [3.8, 4) is 11.4 Å². The van der Waals surface area contributed by atoms with Gasteiger partial charge in [0.25, 0.3) is 0 Å². The predicted molar refractivity (Wildman–Crippen MR) is 78.9 cm³/mol. The molecule has 3 rings (SSSR count). The second kappa shape index (κ2) is 5.78. The molecule has 0 aliphatic heterocycles. The normalized spacial score (nSPS) is 11.2. The average molecular weight is 320 g/mol. The Morgan fingerprint density at radius 1 is 1.24 bits per heavy atom. The molecule has 0 saturated carbocycles. The van der Waals surface area contributed by atoms with Crippen molar-refractivity contribution in [2.75, 3.05) is 0 Å². The topological polar surface area (TPSA) is 89.6 Å². The summed E-state index contributed by atoms with van der Waals surface area (Å²) in [4.78, 5) is 4.46. The molecule has 1 N–H and O–H groups in total. The number of rotatable bonds is 4. The van der Waals surface area contributed by atoms with Crippen LogP contribution in [0.2, 0.25) is 0 Å². The van der Waals surface area contributed by atoms with Gasteiger partial charge in [0.15, 0.2) is 4.34 Å². The summed E-state index contributed by atoms with van der Waals surface area (Å²) in [5.41, 5.74) is 0.772. The van der Waals surface area contributed by atoms with Gasteiger partial charge in [0.2, 0.25) is 5.16 Å². The Morgan fingerprint density at radius 3 is 2.67 bits per heavy atom. The van der Waals surface area contributed by atoms with E-state index in [2.05, 4.69) is 38.7 Å². The second-order valence-corrected chi connectivity index (χ2v) is 6.53. The SMILES string of the molecule is CC(C)c1nsc(Sc2nnnn2-c2ccc(O)cc2)n1. The maximum Gasteiger partial charge on any atom is 0.221 e. The van der Waals surface area contributed by atoms with Crippen molar-refractivity contribution in [1.29, 1.82) is 0 Å². The van der Waals surface area contributed by atoms with Crippen LogP contribution in [0.25, 0.3) is 5.69 Å². The molecular formula is C12H12N6OS2. The van der Waals surface area contributed by atoms with Crippen molar-refractivity contribution in [3.05, 3.63) is 30.1 Å². The first-order chi connectivity index (χ1) is 10.1. The fourth-order valence-corrected chi connectivity index (χ4v) is 3.22. The van der Waals surface area contributed by atoms with Crippen LogP contribution in [0.3, 0.4) is 0 Å². The Hall–Kier alpha value is -2.00. The number of benzene rings is 1. The Balaban J connectivity index is 1.86. The third-order valence-electron chi connectivity index (χ3n) is 2.65. The molecule has 0 atom stereocenters. The van der Waals surface area contributed by atoms with Crippen LogP contribution >= 0.6 is 23.3 Å². The van der Waals surface area contributed by atoms with E-state index in [1.165, 1.54) is 23.3 Å². The van der Waals surface area contributed by atoms with Crippen LogP contribution in [-0.4, -0.2) is 34.7 Å². The molecule has 0 aliphatic carbocycles. The van der Waals surface area contributed by atoms with E-state index in [9.17, 15) is 5.11 Å². The smallest absolute Gasteiger partial charge is 0.221 e. The molecule has 0 aliphatic rings. The number of tetrazole rings is 1. The summed E-state index contributed by atoms with van der Waals surface area (Å²) in [6.45, 7) is 4.11. The van der Waals surface area contributed by atoms with Crippen LogP contribution in [0, 0.1) is 0 Å². The standard InChI is InChI=1S/C12H12N6OS2/c1-7(2)10-13-12(21-15-10)20-11-14-16-17-18(11)8-3-5-9(19)6-4-8/h3-7,19H,1-2H3. The van der Waals surface area contributed by atoms with E-state index < -0.39 is 0 Å². The summed E-state index contributed by atoms with van der Waals surface area (Å²) >= 11 is 2.70. The predicted octanol–water partition coefficient (Wildman–Crippen LogP) is 2.49. The van der Waals surface area contributed by atoms with Gasteiger partial charge in [-0.15, -0.1) is 5.10 Å². The van der Waals surface area contributed by atoms with Crippen molar-refractivity contribution in [2.24, 2.45) is 0 Å². The first kappa shape index (κ1) is 14.0. The van der Waals surface area contributed by atoms with Crippen molar-refractivity contribution in [2.45, 2.75) is 29.3 Å².